The van der Waals surface area contributed by atoms with Crippen molar-refractivity contribution in [2.45, 2.75) is 38.4 Å². The van der Waals surface area contributed by atoms with Crippen molar-refractivity contribution in [1.82, 2.24) is 0 Å². The van der Waals surface area contributed by atoms with Gasteiger partial charge >= 0.3 is 0 Å². The highest BCUT2D eigenvalue weighted by Gasteiger charge is 2.07. The minimum absolute atomic E-state index is 0.656. The van der Waals surface area contributed by atoms with Crippen molar-refractivity contribution in [2.24, 2.45) is 5.92 Å². The van der Waals surface area contributed by atoms with E-state index in [2.05, 4.69) is 29.8 Å². The predicted octanol–water partition coefficient (Wildman–Crippen LogP) is 3.22. The quantitative estimate of drug-likeness (QED) is 0.496. The second-order valence-corrected chi connectivity index (χ2v) is 4.28. The van der Waals surface area contributed by atoms with Gasteiger partial charge in [0, 0.05) is 18.0 Å². The van der Waals surface area contributed by atoms with Crippen LogP contribution < -0.4 is 0 Å². The second kappa shape index (κ2) is 7.11. The summed E-state index contributed by atoms with van der Waals surface area (Å²) in [7, 11) is 0. The molecule has 0 saturated heterocycles. The van der Waals surface area contributed by atoms with Crippen LogP contribution in [0.2, 0.25) is 0 Å². The highest BCUT2D eigenvalue weighted by atomic mass is 79.9. The van der Waals surface area contributed by atoms with E-state index in [1.807, 2.05) is 6.92 Å². The van der Waals surface area contributed by atoms with Gasteiger partial charge < -0.3 is 4.74 Å². The van der Waals surface area contributed by atoms with Crippen molar-refractivity contribution in [3.05, 3.63) is 0 Å². The van der Waals surface area contributed by atoms with Crippen molar-refractivity contribution < 1.29 is 4.74 Å². The third-order valence-electron chi connectivity index (χ3n) is 1.70. The summed E-state index contributed by atoms with van der Waals surface area (Å²) in [6, 6.07) is 0. The first-order valence-electron chi connectivity index (χ1n) is 4.40. The van der Waals surface area contributed by atoms with Gasteiger partial charge in [0.25, 0.3) is 0 Å². The fourth-order valence-corrected chi connectivity index (χ4v) is 1.18. The first-order chi connectivity index (χ1) is 5.18. The Morgan fingerprint density at radius 3 is 2.45 bits per heavy atom. The molecule has 0 heterocycles. The van der Waals surface area contributed by atoms with Crippen LogP contribution in [0.1, 0.15) is 33.6 Å². The fraction of sp³-hybridized carbons (Fsp3) is 1.00. The number of alkyl halides is 1. The predicted molar refractivity (Wildman–Crippen MR) is 53.3 cm³/mol. The summed E-state index contributed by atoms with van der Waals surface area (Å²) in [6.07, 6.45) is 2.39. The Balaban J connectivity index is 3.10. The molecule has 0 fully saturated rings. The van der Waals surface area contributed by atoms with E-state index in [1.165, 1.54) is 12.8 Å². The van der Waals surface area contributed by atoms with Gasteiger partial charge in [0.15, 0.2) is 0 Å². The average molecular weight is 223 g/mol. The number of rotatable bonds is 6. The van der Waals surface area contributed by atoms with Crippen LogP contribution in [0.5, 0.6) is 0 Å². The molecule has 0 aromatic rings. The lowest BCUT2D eigenvalue weighted by molar-refractivity contribution is 0.142. The van der Waals surface area contributed by atoms with Crippen LogP contribution in [0.25, 0.3) is 0 Å². The minimum atomic E-state index is 0.656. The zero-order valence-electron chi connectivity index (χ0n) is 7.77. The normalized spacial score (nSPS) is 13.9. The average Bonchev–Trinajstić information content (AvgIpc) is 1.97. The largest absolute Gasteiger partial charge is 0.382 e. The molecule has 0 saturated carbocycles. The van der Waals surface area contributed by atoms with Gasteiger partial charge in [-0.2, -0.15) is 0 Å². The van der Waals surface area contributed by atoms with Crippen LogP contribution in [-0.2, 0) is 4.74 Å². The second-order valence-electron chi connectivity index (χ2n) is 3.10. The maximum absolute atomic E-state index is 5.24. The van der Waals surface area contributed by atoms with Gasteiger partial charge in [-0.15, -0.1) is 0 Å². The highest BCUT2D eigenvalue weighted by molar-refractivity contribution is 9.09. The Morgan fingerprint density at radius 2 is 2.00 bits per heavy atom. The topological polar surface area (TPSA) is 9.23 Å². The van der Waals surface area contributed by atoms with Crippen LogP contribution in [-0.4, -0.2) is 18.0 Å². The van der Waals surface area contributed by atoms with Crippen molar-refractivity contribution >= 4 is 15.9 Å². The molecule has 0 amide bonds. The van der Waals surface area contributed by atoms with Crippen molar-refractivity contribution in [1.29, 1.82) is 0 Å². The number of hydrogen-bond donors (Lipinski definition) is 0. The lowest BCUT2D eigenvalue weighted by atomic mass is 10.1. The molecule has 0 aromatic carbocycles. The van der Waals surface area contributed by atoms with Gasteiger partial charge in [-0.25, -0.2) is 0 Å². The monoisotopic (exact) mass is 222 g/mol. The van der Waals surface area contributed by atoms with Crippen molar-refractivity contribution in [3.8, 4) is 0 Å². The molecule has 0 aliphatic heterocycles. The lowest BCUT2D eigenvalue weighted by Gasteiger charge is -2.12. The van der Waals surface area contributed by atoms with Crippen LogP contribution in [0.15, 0.2) is 0 Å². The Morgan fingerprint density at radius 1 is 1.36 bits per heavy atom. The van der Waals surface area contributed by atoms with Crippen LogP contribution >= 0.6 is 15.9 Å². The standard InChI is InChI=1S/C9H19BrO/c1-4-11-7-5-6-9(10)8(2)3/h8-9H,4-7H2,1-3H3. The third-order valence-corrected chi connectivity index (χ3v) is 3.21. The van der Waals surface area contributed by atoms with Crippen LogP contribution in [0.4, 0.5) is 0 Å². The summed E-state index contributed by atoms with van der Waals surface area (Å²) in [5.41, 5.74) is 0. The molecule has 0 N–H and O–H groups in total. The number of ether oxygens (including phenoxy) is 1. The Kier molecular flexibility index (Phi) is 7.39. The van der Waals surface area contributed by atoms with E-state index in [1.54, 1.807) is 0 Å². The molecule has 0 aliphatic carbocycles. The molecule has 0 spiro atoms. The first kappa shape index (κ1) is 11.4. The van der Waals surface area contributed by atoms with E-state index >= 15 is 0 Å². The molecule has 0 radical (unpaired) electrons. The molecule has 1 atom stereocenters. The van der Waals surface area contributed by atoms with E-state index in [0.717, 1.165) is 19.1 Å². The third kappa shape index (κ3) is 6.82. The summed E-state index contributed by atoms with van der Waals surface area (Å²) in [4.78, 5) is 0.656. The van der Waals surface area contributed by atoms with Gasteiger partial charge in [-0.3, -0.25) is 0 Å². The molecular weight excluding hydrogens is 204 g/mol. The Labute approximate surface area is 78.6 Å². The zero-order valence-corrected chi connectivity index (χ0v) is 9.36. The molecule has 2 heteroatoms. The first-order valence-corrected chi connectivity index (χ1v) is 5.31. The lowest BCUT2D eigenvalue weighted by Crippen LogP contribution is -2.08. The minimum Gasteiger partial charge on any atom is -0.382 e. The highest BCUT2D eigenvalue weighted by Crippen LogP contribution is 2.17. The fourth-order valence-electron chi connectivity index (χ4n) is 0.858. The van der Waals surface area contributed by atoms with Gasteiger partial charge in [0.05, 0.1) is 0 Å². The SMILES string of the molecule is CCOCCCC(Br)C(C)C. The molecule has 68 valence electrons. The number of hydrogen-bond acceptors (Lipinski definition) is 1. The van der Waals surface area contributed by atoms with E-state index < -0.39 is 0 Å². The molecule has 0 aromatic heterocycles. The molecule has 0 bridgehead atoms. The Bertz CT molecular complexity index is 83.6. The number of halogens is 1. The smallest absolute Gasteiger partial charge is 0.0466 e. The van der Waals surface area contributed by atoms with Gasteiger partial charge in [0.1, 0.15) is 0 Å². The summed E-state index contributed by atoms with van der Waals surface area (Å²) < 4.78 is 5.24. The van der Waals surface area contributed by atoms with Gasteiger partial charge in [-0.05, 0) is 25.7 Å². The summed E-state index contributed by atoms with van der Waals surface area (Å²) in [5.74, 6) is 0.733. The molecule has 0 rings (SSSR count). The van der Waals surface area contributed by atoms with Gasteiger partial charge in [0.2, 0.25) is 0 Å². The molecule has 1 nitrogen and oxygen atoms in total. The Hall–Kier alpha value is 0.440. The maximum Gasteiger partial charge on any atom is 0.0466 e. The van der Waals surface area contributed by atoms with E-state index in [9.17, 15) is 0 Å². The van der Waals surface area contributed by atoms with E-state index in [0.29, 0.717) is 4.83 Å². The summed E-state index contributed by atoms with van der Waals surface area (Å²) in [6.45, 7) is 8.26. The molecular formula is C9H19BrO. The maximum atomic E-state index is 5.24. The van der Waals surface area contributed by atoms with Gasteiger partial charge in [-0.1, -0.05) is 29.8 Å². The van der Waals surface area contributed by atoms with Crippen molar-refractivity contribution in [3.63, 3.8) is 0 Å². The molecule has 0 aliphatic rings. The molecule has 1 unspecified atom stereocenters. The van der Waals surface area contributed by atoms with E-state index in [4.69, 9.17) is 4.74 Å². The van der Waals surface area contributed by atoms with Crippen LogP contribution in [0, 0.1) is 5.92 Å². The zero-order chi connectivity index (χ0) is 8.69. The van der Waals surface area contributed by atoms with Crippen molar-refractivity contribution in [2.75, 3.05) is 13.2 Å². The summed E-state index contributed by atoms with van der Waals surface area (Å²) in [5, 5.41) is 0. The van der Waals surface area contributed by atoms with Crippen LogP contribution in [0.3, 0.4) is 0 Å². The molecule has 11 heavy (non-hydrogen) atoms. The van der Waals surface area contributed by atoms with E-state index in [-0.39, 0.29) is 0 Å². The summed E-state index contributed by atoms with van der Waals surface area (Å²) >= 11 is 3.64.